The summed E-state index contributed by atoms with van der Waals surface area (Å²) in [4.78, 5) is 58.4. The molecular weight excluding hydrogens is 1910 g/mol. The molecule has 698 valence electrons. The minimum Gasteiger partial charge on any atom is -0.508 e. The molecule has 13 aromatic carbocycles. The van der Waals surface area contributed by atoms with Crippen molar-refractivity contribution < 1.29 is 72.1 Å². The van der Waals surface area contributed by atoms with Crippen molar-refractivity contribution in [3.05, 3.63) is 347 Å². The van der Waals surface area contributed by atoms with Crippen LogP contribution in [0.25, 0.3) is 93.9 Å². The number of ether oxygens (including phenoxy) is 8. The summed E-state index contributed by atoms with van der Waals surface area (Å²) in [7, 11) is 0. The molecule has 0 radical (unpaired) electrons. The molecule has 0 aromatic heterocycles. The molecule has 0 fully saturated rings. The van der Waals surface area contributed by atoms with E-state index in [0.29, 0.717) is 129 Å². The molecule has 25 heteroatoms. The van der Waals surface area contributed by atoms with Crippen molar-refractivity contribution in [3.63, 3.8) is 0 Å². The zero-order valence-corrected chi connectivity index (χ0v) is 81.1. The molecule has 0 spiro atoms. The second-order valence-electron chi connectivity index (χ2n) is 30.3. The van der Waals surface area contributed by atoms with Gasteiger partial charge in [-0.3, -0.25) is 24.0 Å². The number of alkyl halides is 1. The Morgan fingerprint density at radius 1 is 0.301 bits per heavy atom. The van der Waals surface area contributed by atoms with E-state index in [0.717, 1.165) is 155 Å². The van der Waals surface area contributed by atoms with Gasteiger partial charge in [0, 0.05) is 46.4 Å². The average Bonchev–Trinajstić information content (AvgIpc) is 1.44. The second-order valence-corrected chi connectivity index (χ2v) is 32.9. The fraction of sp³-hybridized carbons (Fsp3) is 0.225. The Morgan fingerprint density at radius 3 is 0.721 bits per heavy atom. The van der Waals surface area contributed by atoms with Crippen LogP contribution in [-0.4, -0.2) is 123 Å². The highest BCUT2D eigenvalue weighted by Gasteiger charge is 2.14. The first-order valence-electron chi connectivity index (χ1n) is 44.9. The second kappa shape index (κ2) is 58.0. The summed E-state index contributed by atoms with van der Waals surface area (Å²) >= 11 is 10.0. The molecule has 15 rings (SSSR count). The maximum absolute atomic E-state index is 11.4. The largest absolute Gasteiger partial charge is 0.508 e. The predicted molar refractivity (Wildman–Crippen MR) is 548 cm³/mol. The highest BCUT2D eigenvalue weighted by atomic mass is 79.9. The van der Waals surface area contributed by atoms with E-state index in [4.69, 9.17) is 49.9 Å². The molecule has 0 saturated carbocycles. The van der Waals surface area contributed by atoms with Gasteiger partial charge in [0.25, 0.3) is 0 Å². The summed E-state index contributed by atoms with van der Waals surface area (Å²) in [5.74, 6) is 2.00. The van der Waals surface area contributed by atoms with Crippen LogP contribution in [0.4, 0.5) is 5.69 Å². The molecule has 0 unspecified atom stereocenters. The maximum Gasteiger partial charge on any atom is 0.305 e. The van der Waals surface area contributed by atoms with Gasteiger partial charge < -0.3 is 48.1 Å². The van der Waals surface area contributed by atoms with Crippen LogP contribution in [0, 0.1) is 6.57 Å². The first kappa shape index (κ1) is 104. The Kier molecular flexibility index (Phi) is 44.2. The van der Waals surface area contributed by atoms with Crippen LogP contribution in [0.5, 0.6) is 28.7 Å². The summed E-state index contributed by atoms with van der Waals surface area (Å²) in [6.45, 7) is 19.0. The molecule has 0 amide bonds. The van der Waals surface area contributed by atoms with Gasteiger partial charge in [0.1, 0.15) is 41.8 Å². The fourth-order valence-corrected chi connectivity index (χ4v) is 14.2. The molecule has 2 N–H and O–H groups in total. The Balaban J connectivity index is 0.000000175. The first-order valence-corrected chi connectivity index (χ1v) is 47.6. The summed E-state index contributed by atoms with van der Waals surface area (Å²) in [6.07, 6.45) is 5.09. The van der Waals surface area contributed by atoms with Crippen LogP contribution in [0.1, 0.15) is 103 Å². The van der Waals surface area contributed by atoms with Gasteiger partial charge in [0.05, 0.1) is 70.9 Å². The molecule has 13 aromatic rings. The van der Waals surface area contributed by atoms with E-state index in [1.165, 1.54) is 0 Å². The number of esters is 4. The zero-order valence-electron chi connectivity index (χ0n) is 76.3. The topological polar surface area (TPSA) is 278 Å². The Labute approximate surface area is 819 Å². The van der Waals surface area contributed by atoms with E-state index in [9.17, 15) is 24.0 Å². The van der Waals surface area contributed by atoms with Gasteiger partial charge in [-0.2, -0.15) is 10.2 Å². The summed E-state index contributed by atoms with van der Waals surface area (Å²) in [5.41, 5.74) is 22.6. The third-order valence-electron chi connectivity index (χ3n) is 20.5. The lowest BCUT2D eigenvalue weighted by Crippen LogP contribution is -2.06. The molecule has 22 nitrogen and oxygen atoms in total. The average molecular weight is 2020 g/mol. The number of halogens is 3. The van der Waals surface area contributed by atoms with Gasteiger partial charge in [-0.1, -0.05) is 278 Å². The minimum absolute atomic E-state index is 0.100. The third-order valence-corrected chi connectivity index (χ3v) is 22.2. The Hall–Kier alpha value is -14.3. The van der Waals surface area contributed by atoms with Crippen molar-refractivity contribution >= 4 is 94.7 Å². The minimum atomic E-state index is -0.802. The predicted octanol–water partition coefficient (Wildman–Crippen LogP) is 28.0. The number of hydrogen-bond donors (Lipinski definition) is 2. The van der Waals surface area contributed by atoms with E-state index >= 15 is 0 Å². The van der Waals surface area contributed by atoms with E-state index in [1.807, 2.05) is 196 Å². The summed E-state index contributed by atoms with van der Waals surface area (Å²) < 4.78 is 44.1. The number of rotatable bonds is 37. The monoisotopic (exact) mass is 2020 g/mol. The molecule has 136 heavy (non-hydrogen) atoms. The fourth-order valence-electron chi connectivity index (χ4n) is 13.4. The van der Waals surface area contributed by atoms with Crippen LogP contribution < -0.4 is 18.9 Å². The van der Waals surface area contributed by atoms with Crippen LogP contribution >= 0.6 is 47.8 Å². The Morgan fingerprint density at radius 2 is 0.507 bits per heavy atom. The molecule has 2 aliphatic heterocycles. The molecule has 0 atom stereocenters. The smallest absolute Gasteiger partial charge is 0.305 e. The van der Waals surface area contributed by atoms with Gasteiger partial charge in [0.2, 0.25) is 0 Å². The number of aromatic hydroxyl groups is 1. The third kappa shape index (κ3) is 36.2. The number of phenolic OH excluding ortho intramolecular Hbond substituents is 1. The highest BCUT2D eigenvalue weighted by molar-refractivity contribution is 9.10. The van der Waals surface area contributed by atoms with Crippen molar-refractivity contribution in [3.8, 4) is 118 Å². The molecule has 2 heterocycles. The van der Waals surface area contributed by atoms with Crippen molar-refractivity contribution in [2.45, 2.75) is 91.9 Å². The molecular formula is C111H108Br3N7O15. The number of phenols is 1. The number of carboxylic acids is 1. The molecule has 0 bridgehead atoms. The first-order chi connectivity index (χ1) is 66.3. The van der Waals surface area contributed by atoms with Crippen molar-refractivity contribution in [2.24, 2.45) is 30.9 Å². The van der Waals surface area contributed by atoms with Gasteiger partial charge in [-0.05, 0) is 255 Å². The van der Waals surface area contributed by atoms with E-state index in [1.54, 1.807) is 26.0 Å². The van der Waals surface area contributed by atoms with E-state index in [-0.39, 0.29) is 30.3 Å². The lowest BCUT2D eigenvalue weighted by molar-refractivity contribution is -0.144. The lowest BCUT2D eigenvalue weighted by Gasteiger charge is -2.09. The molecule has 0 saturated heterocycles. The van der Waals surface area contributed by atoms with E-state index in [2.05, 4.69) is 210 Å². The quantitative estimate of drug-likeness (QED) is 0.0120. The van der Waals surface area contributed by atoms with Crippen LogP contribution in [0.15, 0.2) is 355 Å². The van der Waals surface area contributed by atoms with Crippen molar-refractivity contribution in [1.82, 2.24) is 0 Å². The highest BCUT2D eigenvalue weighted by Crippen LogP contribution is 2.34. The lowest BCUT2D eigenvalue weighted by atomic mass is 9.99. The van der Waals surface area contributed by atoms with Gasteiger partial charge in [0.15, 0.2) is 5.69 Å². The van der Waals surface area contributed by atoms with Crippen LogP contribution in [0.3, 0.4) is 0 Å². The van der Waals surface area contributed by atoms with Gasteiger partial charge in [-0.25, -0.2) is 4.85 Å². The summed E-state index contributed by atoms with van der Waals surface area (Å²) in [5, 5.41) is 41.9. The van der Waals surface area contributed by atoms with Gasteiger partial charge >= 0.3 is 29.8 Å². The molecule has 2 aliphatic rings. The Bertz CT molecular complexity index is 5990. The number of carbonyl (C=O) groups excluding carboxylic acids is 4. The number of carbonyl (C=O) groups is 5. The number of carboxylic acid groups (broad SMARTS) is 1. The number of aliphatic carboxylic acids is 1. The summed E-state index contributed by atoms with van der Waals surface area (Å²) in [6, 6.07) is 105. The molecule has 0 aliphatic carbocycles. The number of nitrogens with zero attached hydrogens (tertiary/aromatic N) is 7. The van der Waals surface area contributed by atoms with E-state index < -0.39 is 5.97 Å². The maximum atomic E-state index is 11.4. The number of benzene rings is 13. The number of hydrogen-bond acceptors (Lipinski definition) is 20. The van der Waals surface area contributed by atoms with Gasteiger partial charge in [-0.15, -0.1) is 10.2 Å². The van der Waals surface area contributed by atoms with Crippen molar-refractivity contribution in [2.75, 3.05) is 71.3 Å². The van der Waals surface area contributed by atoms with Crippen molar-refractivity contribution in [1.29, 1.82) is 0 Å². The van der Waals surface area contributed by atoms with Crippen LogP contribution in [0.2, 0.25) is 0 Å². The SMILES string of the molecule is CCOC(=O)CCCBr.CCOC(=O)CCCOc1ccc(-c2ccc(-c3ccc(C4=NN=NC4)cc3)cc2)cc1.CCOC(=O)CCCOc1ccc(-c2ccc(Br)cc2)cc1.O=C(O)CCCOc1ccc(-c2ccc(-c3ccc(C4=NN=NC4)cc3)cc2)cc1.Oc1ccc(-c2ccc(Br)cc2)cc1.[C-]#[N+]c1ccc(-c2ccc(-c3ccc(OCCCC(=O)OCC)cc3)cc2)cc1. The standard InChI is InChI=1S/C26H25N3O3.C25H23NO3.C24H21N3O3.C18H19BrO3.C12H9BrO.C6H11BrO2/c1-2-31-26(30)4-3-17-32-24-15-13-22(14-16-24)20-7-5-19(6-8-20)21-9-11-23(12-10-21)25-18-27-29-28-25;1-3-28-25(27)5-4-18-29-24-16-12-22(13-17-24)20-8-6-19(7-9-20)21-10-14-23(26-2)15-11-21;28-24(29)2-1-15-30-22-13-11-20(12-14-22)18-5-3-17(4-6-18)19-7-9-21(10-8-19)23-16-25-27-26-23;1-2-21-18(20)4-3-13-22-17-11-7-15(8-12-17)14-5-9-16(19)10-6-14;13-11-5-1-9(2-6-11)10-3-7-12(14)8-4-10;1-2-9-6(8)4-3-5-7/h5-16H,2-4,17-18H2,1H3;6-17H,3-5,18H2,1H3;3-14H,1-2,15-16H2,(H,28,29);5-12H,2-4,13H2,1H3;1-8,14H;2-5H2,1H3. The normalized spacial score (nSPS) is 11.2. The zero-order chi connectivity index (χ0) is 96.3. The van der Waals surface area contributed by atoms with Crippen LogP contribution in [-0.2, 0) is 42.9 Å².